The highest BCUT2D eigenvalue weighted by atomic mass is 32.2. The number of hydrogen-bond donors (Lipinski definition) is 1. The number of carbonyl (C=O) groups is 1. The fourth-order valence-electron chi connectivity index (χ4n) is 3.77. The second kappa shape index (κ2) is 10.3. The van der Waals surface area contributed by atoms with Gasteiger partial charge in [0.25, 0.3) is 11.5 Å². The molecule has 2 heterocycles. The number of carbonyl (C=O) groups excluding carboxylic acids is 1. The van der Waals surface area contributed by atoms with Crippen LogP contribution in [0.1, 0.15) is 27.0 Å². The Labute approximate surface area is 198 Å². The van der Waals surface area contributed by atoms with Crippen LogP contribution in [0.3, 0.4) is 0 Å². The van der Waals surface area contributed by atoms with E-state index in [2.05, 4.69) is 5.32 Å². The summed E-state index contributed by atoms with van der Waals surface area (Å²) in [5.41, 5.74) is 2.83. The number of morpholine rings is 1. The molecule has 178 valence electrons. The van der Waals surface area contributed by atoms with Crippen molar-refractivity contribution in [1.29, 1.82) is 0 Å². The average Bonchev–Trinajstić information content (AvgIpc) is 2.85. The molecular weight excluding hydrogens is 454 g/mol. The van der Waals surface area contributed by atoms with Gasteiger partial charge in [-0.05, 0) is 41.8 Å². The number of ether oxygens (including phenoxy) is 1. The first-order valence-corrected chi connectivity index (χ1v) is 12.5. The Morgan fingerprint density at radius 2 is 1.71 bits per heavy atom. The van der Waals surface area contributed by atoms with Crippen LogP contribution in [-0.2, 0) is 27.8 Å². The summed E-state index contributed by atoms with van der Waals surface area (Å²) < 4.78 is 34.2. The summed E-state index contributed by atoms with van der Waals surface area (Å²) in [5, 5.41) is 2.87. The van der Waals surface area contributed by atoms with E-state index < -0.39 is 10.0 Å². The van der Waals surface area contributed by atoms with E-state index in [1.807, 2.05) is 30.3 Å². The van der Waals surface area contributed by atoms with Gasteiger partial charge in [-0.2, -0.15) is 4.31 Å². The van der Waals surface area contributed by atoms with Crippen molar-refractivity contribution in [1.82, 2.24) is 14.2 Å². The maximum atomic E-state index is 13.0. The van der Waals surface area contributed by atoms with Crippen LogP contribution in [0.25, 0.3) is 0 Å². The first kappa shape index (κ1) is 23.9. The molecule has 0 aliphatic carbocycles. The molecule has 34 heavy (non-hydrogen) atoms. The molecule has 1 fully saturated rings. The van der Waals surface area contributed by atoms with Crippen LogP contribution in [0.5, 0.6) is 0 Å². The van der Waals surface area contributed by atoms with E-state index in [1.165, 1.54) is 22.5 Å². The molecule has 1 N–H and O–H groups in total. The Balaban J connectivity index is 1.42. The number of benzene rings is 2. The number of amides is 1. The van der Waals surface area contributed by atoms with Crippen LogP contribution >= 0.6 is 0 Å². The Hall–Kier alpha value is -3.27. The molecule has 0 saturated carbocycles. The van der Waals surface area contributed by atoms with E-state index in [-0.39, 0.29) is 16.4 Å². The summed E-state index contributed by atoms with van der Waals surface area (Å²) in [5.74, 6) is -0.337. The van der Waals surface area contributed by atoms with Gasteiger partial charge in [0.1, 0.15) is 0 Å². The van der Waals surface area contributed by atoms with E-state index in [1.54, 1.807) is 29.8 Å². The summed E-state index contributed by atoms with van der Waals surface area (Å²) in [4.78, 5) is 24.8. The third-order valence-corrected chi connectivity index (χ3v) is 7.68. The summed E-state index contributed by atoms with van der Waals surface area (Å²) in [6, 6.07) is 17.3. The smallest absolute Gasteiger partial charge is 0.251 e. The Kier molecular flexibility index (Phi) is 7.26. The van der Waals surface area contributed by atoms with Crippen LogP contribution in [0, 0.1) is 6.92 Å². The van der Waals surface area contributed by atoms with Crippen molar-refractivity contribution >= 4 is 15.9 Å². The zero-order valence-electron chi connectivity index (χ0n) is 18.9. The highest BCUT2D eigenvalue weighted by Crippen LogP contribution is 2.21. The lowest BCUT2D eigenvalue weighted by Crippen LogP contribution is -2.40. The number of nitrogens with one attached hydrogen (secondary N) is 1. The van der Waals surface area contributed by atoms with Crippen molar-refractivity contribution in [3.05, 3.63) is 99.5 Å². The molecule has 9 heteroatoms. The van der Waals surface area contributed by atoms with Crippen molar-refractivity contribution in [2.45, 2.75) is 24.9 Å². The van der Waals surface area contributed by atoms with E-state index in [4.69, 9.17) is 4.74 Å². The van der Waals surface area contributed by atoms with Gasteiger partial charge in [-0.1, -0.05) is 36.4 Å². The lowest BCUT2D eigenvalue weighted by molar-refractivity contribution is 0.0730. The third-order valence-electron chi connectivity index (χ3n) is 5.79. The van der Waals surface area contributed by atoms with Crippen LogP contribution in [0.2, 0.25) is 0 Å². The largest absolute Gasteiger partial charge is 0.379 e. The van der Waals surface area contributed by atoms with Crippen molar-refractivity contribution in [3.63, 3.8) is 0 Å². The second-order valence-corrected chi connectivity index (χ2v) is 10.1. The molecular formula is C25H27N3O5S. The van der Waals surface area contributed by atoms with E-state index in [9.17, 15) is 18.0 Å². The molecule has 1 aromatic heterocycles. The number of aryl methyl sites for hydroxylation is 1. The summed E-state index contributed by atoms with van der Waals surface area (Å²) >= 11 is 0. The number of rotatable bonds is 7. The number of sulfonamides is 1. The van der Waals surface area contributed by atoms with E-state index in [0.717, 1.165) is 11.1 Å². The van der Waals surface area contributed by atoms with Crippen molar-refractivity contribution in [2.24, 2.45) is 0 Å². The first-order valence-electron chi connectivity index (χ1n) is 11.0. The van der Waals surface area contributed by atoms with Crippen LogP contribution in [-0.4, -0.2) is 49.5 Å². The third kappa shape index (κ3) is 5.44. The molecule has 0 unspecified atom stereocenters. The maximum absolute atomic E-state index is 13.0. The molecule has 0 atom stereocenters. The highest BCUT2D eigenvalue weighted by molar-refractivity contribution is 7.89. The predicted molar refractivity (Wildman–Crippen MR) is 128 cm³/mol. The lowest BCUT2D eigenvalue weighted by atomic mass is 10.1. The number of nitrogens with zero attached hydrogens (tertiary/aromatic N) is 2. The average molecular weight is 482 g/mol. The topological polar surface area (TPSA) is 97.7 Å². The molecule has 0 radical (unpaired) electrons. The van der Waals surface area contributed by atoms with Gasteiger partial charge in [-0.25, -0.2) is 8.42 Å². The lowest BCUT2D eigenvalue weighted by Gasteiger charge is -2.26. The fourth-order valence-corrected chi connectivity index (χ4v) is 5.21. The number of hydrogen-bond acceptors (Lipinski definition) is 5. The molecule has 1 aliphatic rings. The molecule has 1 saturated heterocycles. The van der Waals surface area contributed by atoms with Gasteiger partial charge < -0.3 is 14.6 Å². The quantitative estimate of drug-likeness (QED) is 0.558. The molecule has 3 aromatic rings. The minimum absolute atomic E-state index is 0.0629. The summed E-state index contributed by atoms with van der Waals surface area (Å²) in [7, 11) is -3.69. The molecule has 0 bridgehead atoms. The van der Waals surface area contributed by atoms with Crippen molar-refractivity contribution in [2.75, 3.05) is 26.3 Å². The maximum Gasteiger partial charge on any atom is 0.251 e. The van der Waals surface area contributed by atoms with Gasteiger partial charge in [0.15, 0.2) is 0 Å². The molecule has 2 aromatic carbocycles. The van der Waals surface area contributed by atoms with Gasteiger partial charge in [0.2, 0.25) is 10.0 Å². The minimum atomic E-state index is -3.69. The van der Waals surface area contributed by atoms with E-state index in [0.29, 0.717) is 50.5 Å². The summed E-state index contributed by atoms with van der Waals surface area (Å²) in [6.45, 7) is 3.86. The van der Waals surface area contributed by atoms with Crippen molar-refractivity contribution in [3.8, 4) is 0 Å². The van der Waals surface area contributed by atoms with Crippen LogP contribution in [0.15, 0.2) is 76.6 Å². The Morgan fingerprint density at radius 1 is 1.00 bits per heavy atom. The van der Waals surface area contributed by atoms with E-state index >= 15 is 0 Å². The van der Waals surface area contributed by atoms with Gasteiger partial charge in [-0.3, -0.25) is 9.59 Å². The fraction of sp³-hybridized carbons (Fsp3) is 0.280. The Bertz CT molecular complexity index is 1330. The SMILES string of the molecule is Cc1ccc(S(=O)(=O)N2CCOCC2)cc1C(=O)NCc1ccc(Cn2ccccc2=O)cc1. The van der Waals surface area contributed by atoms with Crippen LogP contribution in [0.4, 0.5) is 0 Å². The zero-order valence-corrected chi connectivity index (χ0v) is 19.8. The molecule has 8 nitrogen and oxygen atoms in total. The van der Waals surface area contributed by atoms with Gasteiger partial charge in [-0.15, -0.1) is 0 Å². The second-order valence-electron chi connectivity index (χ2n) is 8.16. The highest BCUT2D eigenvalue weighted by Gasteiger charge is 2.27. The first-order chi connectivity index (χ1) is 16.3. The minimum Gasteiger partial charge on any atom is -0.379 e. The number of pyridine rings is 1. The Morgan fingerprint density at radius 3 is 2.41 bits per heavy atom. The van der Waals surface area contributed by atoms with Gasteiger partial charge >= 0.3 is 0 Å². The van der Waals surface area contributed by atoms with Crippen molar-refractivity contribution < 1.29 is 17.9 Å². The monoisotopic (exact) mass is 481 g/mol. The molecule has 4 rings (SSSR count). The molecule has 1 aliphatic heterocycles. The summed E-state index contributed by atoms with van der Waals surface area (Å²) in [6.07, 6.45) is 1.74. The van der Waals surface area contributed by atoms with Gasteiger partial charge in [0, 0.05) is 37.5 Å². The number of aromatic nitrogens is 1. The van der Waals surface area contributed by atoms with Crippen LogP contribution < -0.4 is 10.9 Å². The molecule has 1 amide bonds. The predicted octanol–water partition coefficient (Wildman–Crippen LogP) is 2.16. The zero-order chi connectivity index (χ0) is 24.1. The molecule has 0 spiro atoms. The standard InChI is InChI=1S/C25H27N3O5S/c1-19-5-10-22(34(31,32)28-12-14-33-15-13-28)16-23(19)25(30)26-17-20-6-8-21(9-7-20)18-27-11-3-2-4-24(27)29/h2-11,16H,12-15,17-18H2,1H3,(H,26,30). The van der Waals surface area contributed by atoms with Gasteiger partial charge in [0.05, 0.1) is 24.7 Å². The normalized spacial score (nSPS) is 14.6.